The third-order valence-electron chi connectivity index (χ3n) is 5.16. The molecular formula is C23H29NO5. The lowest BCUT2D eigenvalue weighted by molar-refractivity contribution is 0.327. The molecule has 156 valence electrons. The molecule has 29 heavy (non-hydrogen) atoms. The predicted molar refractivity (Wildman–Crippen MR) is 116 cm³/mol. The molecule has 0 aliphatic carbocycles. The second kappa shape index (κ2) is 8.66. The number of methoxy groups -OCH3 is 5. The van der Waals surface area contributed by atoms with Crippen LogP contribution in [0, 0.1) is 0 Å². The summed E-state index contributed by atoms with van der Waals surface area (Å²) in [4.78, 5) is 2.16. The highest BCUT2D eigenvalue weighted by Crippen LogP contribution is 2.50. The van der Waals surface area contributed by atoms with Crippen LogP contribution in [0.15, 0.2) is 24.3 Å². The first-order valence-electron chi connectivity index (χ1n) is 9.44. The number of rotatable bonds is 8. The van der Waals surface area contributed by atoms with Crippen LogP contribution in [0.2, 0.25) is 0 Å². The molecule has 0 radical (unpaired) electrons. The molecule has 6 heteroatoms. The smallest absolute Gasteiger partial charge is 0.203 e. The lowest BCUT2D eigenvalue weighted by Crippen LogP contribution is -2.15. The van der Waals surface area contributed by atoms with Crippen LogP contribution in [0.25, 0.3) is 21.5 Å². The van der Waals surface area contributed by atoms with Gasteiger partial charge in [0.2, 0.25) is 5.75 Å². The Bertz CT molecular complexity index is 1030. The van der Waals surface area contributed by atoms with Crippen molar-refractivity contribution in [3.8, 4) is 28.7 Å². The van der Waals surface area contributed by atoms with Crippen molar-refractivity contribution in [1.82, 2.24) is 4.90 Å². The summed E-state index contributed by atoms with van der Waals surface area (Å²) in [5.74, 6) is 3.14. The molecule has 0 fully saturated rings. The van der Waals surface area contributed by atoms with E-state index in [2.05, 4.69) is 37.2 Å². The van der Waals surface area contributed by atoms with E-state index in [1.54, 1.807) is 35.5 Å². The van der Waals surface area contributed by atoms with Crippen LogP contribution in [0.4, 0.5) is 0 Å². The van der Waals surface area contributed by atoms with Crippen molar-refractivity contribution in [2.45, 2.75) is 6.42 Å². The van der Waals surface area contributed by atoms with Crippen molar-refractivity contribution in [2.75, 3.05) is 56.2 Å². The molecule has 6 nitrogen and oxygen atoms in total. The third kappa shape index (κ3) is 3.60. The fraction of sp³-hybridized carbons (Fsp3) is 0.391. The summed E-state index contributed by atoms with van der Waals surface area (Å²) >= 11 is 0. The first-order chi connectivity index (χ1) is 14.0. The number of fused-ring (bicyclic) bond motifs is 3. The van der Waals surface area contributed by atoms with E-state index in [9.17, 15) is 0 Å². The molecule has 0 aliphatic heterocycles. The van der Waals surface area contributed by atoms with Crippen LogP contribution in [0.5, 0.6) is 28.7 Å². The van der Waals surface area contributed by atoms with Gasteiger partial charge in [0.15, 0.2) is 23.0 Å². The maximum absolute atomic E-state index is 5.80. The Balaban J connectivity index is 2.50. The first-order valence-corrected chi connectivity index (χ1v) is 9.44. The van der Waals surface area contributed by atoms with Crippen molar-refractivity contribution in [3.63, 3.8) is 0 Å². The fourth-order valence-electron chi connectivity index (χ4n) is 3.79. The number of hydrogen-bond donors (Lipinski definition) is 0. The fourth-order valence-corrected chi connectivity index (χ4v) is 3.79. The van der Waals surface area contributed by atoms with Crippen LogP contribution in [0.3, 0.4) is 0 Å². The first kappa shape index (κ1) is 20.9. The molecule has 0 saturated carbocycles. The minimum absolute atomic E-state index is 0.551. The summed E-state index contributed by atoms with van der Waals surface area (Å²) in [5.41, 5.74) is 1.19. The molecule has 3 aromatic rings. The molecule has 0 aromatic heterocycles. The second-order valence-corrected chi connectivity index (χ2v) is 7.06. The Labute approximate surface area is 171 Å². The van der Waals surface area contributed by atoms with Gasteiger partial charge in [-0.1, -0.05) is 12.1 Å². The highest BCUT2D eigenvalue weighted by atomic mass is 16.5. The van der Waals surface area contributed by atoms with Crippen LogP contribution in [-0.4, -0.2) is 61.1 Å². The van der Waals surface area contributed by atoms with Gasteiger partial charge in [-0.15, -0.1) is 0 Å². The Morgan fingerprint density at radius 2 is 1.31 bits per heavy atom. The molecular weight excluding hydrogens is 370 g/mol. The molecule has 0 saturated heterocycles. The van der Waals surface area contributed by atoms with Gasteiger partial charge in [0, 0.05) is 17.3 Å². The van der Waals surface area contributed by atoms with Gasteiger partial charge >= 0.3 is 0 Å². The molecule has 3 rings (SSSR count). The van der Waals surface area contributed by atoms with Crippen molar-refractivity contribution in [2.24, 2.45) is 0 Å². The summed E-state index contributed by atoms with van der Waals surface area (Å²) in [7, 11) is 12.3. The monoisotopic (exact) mass is 399 g/mol. The Hall–Kier alpha value is -2.86. The van der Waals surface area contributed by atoms with E-state index in [1.165, 1.54) is 5.56 Å². The topological polar surface area (TPSA) is 49.4 Å². The summed E-state index contributed by atoms with van der Waals surface area (Å²) in [6, 6.07) is 8.21. The van der Waals surface area contributed by atoms with Crippen molar-refractivity contribution in [3.05, 3.63) is 29.8 Å². The van der Waals surface area contributed by atoms with E-state index in [-0.39, 0.29) is 0 Å². The summed E-state index contributed by atoms with van der Waals surface area (Å²) in [6.45, 7) is 0.922. The van der Waals surface area contributed by atoms with Gasteiger partial charge in [-0.25, -0.2) is 0 Å². The molecule has 0 atom stereocenters. The number of hydrogen-bond acceptors (Lipinski definition) is 6. The van der Waals surface area contributed by atoms with Crippen molar-refractivity contribution >= 4 is 21.5 Å². The predicted octanol–water partition coefficient (Wildman–Crippen LogP) is 4.14. The molecule has 0 N–H and O–H groups in total. The maximum Gasteiger partial charge on any atom is 0.203 e. The molecule has 0 unspecified atom stereocenters. The SMILES string of the molecule is COc1cc2ccc3c(CCN(C)C)cc(OC)c(OC)c3c2c(OC)c1OC. The van der Waals surface area contributed by atoms with Gasteiger partial charge in [0.1, 0.15) is 0 Å². The summed E-state index contributed by atoms with van der Waals surface area (Å²) in [5, 5.41) is 3.92. The van der Waals surface area contributed by atoms with Gasteiger partial charge in [0.05, 0.1) is 35.5 Å². The number of benzene rings is 3. The normalized spacial score (nSPS) is 11.2. The largest absolute Gasteiger partial charge is 0.493 e. The minimum Gasteiger partial charge on any atom is -0.493 e. The van der Waals surface area contributed by atoms with Crippen LogP contribution in [-0.2, 0) is 6.42 Å². The quantitative estimate of drug-likeness (QED) is 0.531. The van der Waals surface area contributed by atoms with Crippen molar-refractivity contribution < 1.29 is 23.7 Å². The highest BCUT2D eigenvalue weighted by Gasteiger charge is 2.23. The zero-order chi connectivity index (χ0) is 21.1. The maximum atomic E-state index is 5.80. The second-order valence-electron chi connectivity index (χ2n) is 7.06. The highest BCUT2D eigenvalue weighted by molar-refractivity contribution is 6.16. The molecule has 0 bridgehead atoms. The van der Waals surface area contributed by atoms with Gasteiger partial charge in [-0.05, 0) is 49.0 Å². The average Bonchev–Trinajstić information content (AvgIpc) is 2.74. The summed E-state index contributed by atoms with van der Waals surface area (Å²) in [6.07, 6.45) is 0.880. The molecule has 0 spiro atoms. The van der Waals surface area contributed by atoms with E-state index in [0.717, 1.165) is 34.5 Å². The van der Waals surface area contributed by atoms with Gasteiger partial charge < -0.3 is 28.6 Å². The van der Waals surface area contributed by atoms with Gasteiger partial charge in [0.25, 0.3) is 0 Å². The molecule has 0 aliphatic rings. The molecule has 0 amide bonds. The van der Waals surface area contributed by atoms with Crippen LogP contribution in [0.1, 0.15) is 5.56 Å². The minimum atomic E-state index is 0.551. The Morgan fingerprint density at radius 3 is 1.86 bits per heavy atom. The van der Waals surface area contributed by atoms with E-state index >= 15 is 0 Å². The van der Waals surface area contributed by atoms with E-state index in [4.69, 9.17) is 23.7 Å². The lowest BCUT2D eigenvalue weighted by atomic mass is 9.94. The van der Waals surface area contributed by atoms with Crippen LogP contribution < -0.4 is 23.7 Å². The zero-order valence-electron chi connectivity index (χ0n) is 18.2. The molecule has 3 aromatic carbocycles. The number of likely N-dealkylation sites (N-methyl/N-ethyl adjacent to an activating group) is 1. The Kier molecular flexibility index (Phi) is 6.23. The standard InChI is InChI=1S/C23H29NO5/c1-24(2)11-10-14-12-17(25-3)21(27-5)20-16(14)9-8-15-13-18(26-4)22(28-6)23(29-7)19(15)20/h8-9,12-13H,10-11H2,1-7H3. The van der Waals surface area contributed by atoms with E-state index in [1.807, 2.05) is 6.07 Å². The van der Waals surface area contributed by atoms with E-state index in [0.29, 0.717) is 28.7 Å². The van der Waals surface area contributed by atoms with Gasteiger partial charge in [-0.3, -0.25) is 0 Å². The lowest BCUT2D eigenvalue weighted by Gasteiger charge is -2.20. The summed E-state index contributed by atoms with van der Waals surface area (Å²) < 4.78 is 28.4. The number of nitrogens with zero attached hydrogens (tertiary/aromatic N) is 1. The van der Waals surface area contributed by atoms with Crippen molar-refractivity contribution in [1.29, 1.82) is 0 Å². The third-order valence-corrected chi connectivity index (χ3v) is 5.16. The van der Waals surface area contributed by atoms with Crippen LogP contribution >= 0.6 is 0 Å². The Morgan fingerprint density at radius 1 is 0.690 bits per heavy atom. The van der Waals surface area contributed by atoms with Gasteiger partial charge in [-0.2, -0.15) is 0 Å². The number of ether oxygens (including phenoxy) is 5. The van der Waals surface area contributed by atoms with E-state index < -0.39 is 0 Å². The zero-order valence-corrected chi connectivity index (χ0v) is 18.2. The molecule has 0 heterocycles. The average molecular weight is 399 g/mol.